The fourth-order valence-corrected chi connectivity index (χ4v) is 4.29. The van der Waals surface area contributed by atoms with E-state index in [1.165, 1.54) is 0 Å². The number of hydrogen-bond acceptors (Lipinski definition) is 8. The predicted octanol–water partition coefficient (Wildman–Crippen LogP) is 7.25. The Hall–Kier alpha value is -5.76. The van der Waals surface area contributed by atoms with Crippen LogP contribution < -0.4 is 18.9 Å². The molecule has 0 aliphatic carbocycles. The second kappa shape index (κ2) is 14.4. The lowest BCUT2D eigenvalue weighted by atomic mass is 10.2. The summed E-state index contributed by atoms with van der Waals surface area (Å²) in [5, 5.41) is 0. The minimum atomic E-state index is 0.160. The molecule has 4 aromatic carbocycles. The Morgan fingerprint density at radius 3 is 1.41 bits per heavy atom. The van der Waals surface area contributed by atoms with Gasteiger partial charge in [0, 0.05) is 12.3 Å². The Labute approximate surface area is 256 Å². The van der Waals surface area contributed by atoms with Crippen LogP contribution in [0.1, 0.15) is 22.3 Å². The molecule has 0 unspecified atom stereocenters. The number of nitrogens with zero attached hydrogens (tertiary/aromatic N) is 4. The highest BCUT2D eigenvalue weighted by Gasteiger charge is 2.17. The fraction of sp³-hybridized carbons (Fsp3) is 0.111. The Morgan fingerprint density at radius 1 is 0.432 bits per heavy atom. The van der Waals surface area contributed by atoms with Crippen molar-refractivity contribution in [3.8, 4) is 35.0 Å². The lowest BCUT2D eigenvalue weighted by Crippen LogP contribution is -2.06. The van der Waals surface area contributed by atoms with Gasteiger partial charge in [0.05, 0.1) is 11.3 Å². The molecule has 0 saturated carbocycles. The van der Waals surface area contributed by atoms with E-state index < -0.39 is 0 Å². The van der Waals surface area contributed by atoms with Gasteiger partial charge in [0.1, 0.15) is 26.4 Å². The standard InChI is InChI=1S/C36H30N4O4/c1-5-13-27(14-6-1)23-41-33-21-32(38-36(39-33)44-26-30-19-11-4-12-20-30)31-22-37-35(43-25-29-17-9-3-10-18-29)40-34(31)42-24-28-15-7-2-8-16-28/h1-22H,23-26H2. The molecule has 0 saturated heterocycles. The highest BCUT2D eigenvalue weighted by Crippen LogP contribution is 2.32. The molecule has 44 heavy (non-hydrogen) atoms. The van der Waals surface area contributed by atoms with Gasteiger partial charge < -0.3 is 18.9 Å². The van der Waals surface area contributed by atoms with E-state index in [-0.39, 0.29) is 12.0 Å². The minimum Gasteiger partial charge on any atom is -0.473 e. The maximum absolute atomic E-state index is 6.24. The molecule has 2 aromatic heterocycles. The molecule has 0 amide bonds. The fourth-order valence-electron chi connectivity index (χ4n) is 4.29. The van der Waals surface area contributed by atoms with Crippen molar-refractivity contribution >= 4 is 0 Å². The van der Waals surface area contributed by atoms with Gasteiger partial charge >= 0.3 is 12.0 Å². The largest absolute Gasteiger partial charge is 0.473 e. The van der Waals surface area contributed by atoms with E-state index in [0.29, 0.717) is 49.4 Å². The van der Waals surface area contributed by atoms with Gasteiger partial charge in [0.15, 0.2) is 0 Å². The molecular weight excluding hydrogens is 552 g/mol. The van der Waals surface area contributed by atoms with Crippen molar-refractivity contribution in [2.24, 2.45) is 0 Å². The number of ether oxygens (including phenoxy) is 4. The molecule has 2 heterocycles. The first kappa shape index (κ1) is 28.4. The Kier molecular flexibility index (Phi) is 9.30. The summed E-state index contributed by atoms with van der Waals surface area (Å²) in [6.07, 6.45) is 1.64. The van der Waals surface area contributed by atoms with Crippen molar-refractivity contribution in [3.63, 3.8) is 0 Å². The van der Waals surface area contributed by atoms with E-state index in [1.54, 1.807) is 12.3 Å². The second-order valence-corrected chi connectivity index (χ2v) is 9.84. The van der Waals surface area contributed by atoms with Crippen LogP contribution in [0.25, 0.3) is 11.3 Å². The lowest BCUT2D eigenvalue weighted by Gasteiger charge is -2.14. The van der Waals surface area contributed by atoms with Crippen molar-refractivity contribution < 1.29 is 18.9 Å². The van der Waals surface area contributed by atoms with Gasteiger partial charge in [0.2, 0.25) is 11.8 Å². The zero-order valence-corrected chi connectivity index (χ0v) is 24.0. The third-order valence-corrected chi connectivity index (χ3v) is 6.56. The van der Waals surface area contributed by atoms with Crippen LogP contribution in [0.2, 0.25) is 0 Å². The van der Waals surface area contributed by atoms with E-state index >= 15 is 0 Å². The summed E-state index contributed by atoms with van der Waals surface area (Å²) in [6.45, 7) is 1.24. The van der Waals surface area contributed by atoms with Gasteiger partial charge in [-0.15, -0.1) is 0 Å². The lowest BCUT2D eigenvalue weighted by molar-refractivity contribution is 0.257. The summed E-state index contributed by atoms with van der Waals surface area (Å²) in [5.74, 6) is 0.661. The van der Waals surface area contributed by atoms with E-state index in [1.807, 2.05) is 121 Å². The monoisotopic (exact) mass is 582 g/mol. The molecule has 0 aliphatic heterocycles. The Bertz CT molecular complexity index is 1690. The van der Waals surface area contributed by atoms with E-state index in [9.17, 15) is 0 Å². The topological polar surface area (TPSA) is 88.5 Å². The average Bonchev–Trinajstić information content (AvgIpc) is 3.10. The molecule has 0 bridgehead atoms. The average molecular weight is 583 g/mol. The molecule has 6 rings (SSSR count). The number of hydrogen-bond donors (Lipinski definition) is 0. The van der Waals surface area contributed by atoms with Crippen molar-refractivity contribution in [1.29, 1.82) is 0 Å². The van der Waals surface area contributed by atoms with Gasteiger partial charge in [-0.2, -0.15) is 15.0 Å². The van der Waals surface area contributed by atoms with Crippen LogP contribution >= 0.6 is 0 Å². The van der Waals surface area contributed by atoms with Gasteiger partial charge in [-0.05, 0) is 22.3 Å². The second-order valence-electron chi connectivity index (χ2n) is 9.84. The van der Waals surface area contributed by atoms with Gasteiger partial charge in [-0.3, -0.25) is 0 Å². The third kappa shape index (κ3) is 7.95. The van der Waals surface area contributed by atoms with Gasteiger partial charge in [-0.1, -0.05) is 121 Å². The molecule has 218 valence electrons. The minimum absolute atomic E-state index is 0.160. The van der Waals surface area contributed by atoms with Crippen molar-refractivity contribution in [1.82, 2.24) is 19.9 Å². The van der Waals surface area contributed by atoms with Crippen molar-refractivity contribution in [3.05, 3.63) is 156 Å². The van der Waals surface area contributed by atoms with Crippen LogP contribution in [0.5, 0.6) is 23.8 Å². The highest BCUT2D eigenvalue weighted by molar-refractivity contribution is 5.65. The molecular formula is C36H30N4O4. The summed E-state index contributed by atoms with van der Waals surface area (Å²) < 4.78 is 24.3. The molecule has 0 aliphatic rings. The summed E-state index contributed by atoms with van der Waals surface area (Å²) in [5.41, 5.74) is 5.03. The molecule has 8 nitrogen and oxygen atoms in total. The number of aromatic nitrogens is 4. The molecule has 0 N–H and O–H groups in total. The first-order valence-corrected chi connectivity index (χ1v) is 14.2. The first-order chi connectivity index (χ1) is 21.8. The third-order valence-electron chi connectivity index (χ3n) is 6.56. The van der Waals surface area contributed by atoms with Crippen LogP contribution in [0.3, 0.4) is 0 Å². The van der Waals surface area contributed by atoms with E-state index in [4.69, 9.17) is 23.9 Å². The molecule has 0 atom stereocenters. The molecule has 6 aromatic rings. The number of rotatable bonds is 13. The molecule has 0 fully saturated rings. The highest BCUT2D eigenvalue weighted by atomic mass is 16.5. The van der Waals surface area contributed by atoms with Crippen LogP contribution in [-0.4, -0.2) is 19.9 Å². The summed E-state index contributed by atoms with van der Waals surface area (Å²) in [4.78, 5) is 18.3. The quantitative estimate of drug-likeness (QED) is 0.141. The summed E-state index contributed by atoms with van der Waals surface area (Å²) in [7, 11) is 0. The van der Waals surface area contributed by atoms with Gasteiger partial charge in [-0.25, -0.2) is 4.98 Å². The smallest absolute Gasteiger partial charge is 0.320 e. The van der Waals surface area contributed by atoms with Crippen LogP contribution in [0.15, 0.2) is 134 Å². The molecule has 0 spiro atoms. The van der Waals surface area contributed by atoms with Crippen LogP contribution in [-0.2, 0) is 26.4 Å². The zero-order chi connectivity index (χ0) is 29.8. The predicted molar refractivity (Wildman–Crippen MR) is 166 cm³/mol. The van der Waals surface area contributed by atoms with E-state index in [0.717, 1.165) is 22.3 Å². The van der Waals surface area contributed by atoms with Crippen LogP contribution in [0, 0.1) is 0 Å². The van der Waals surface area contributed by atoms with Crippen molar-refractivity contribution in [2.45, 2.75) is 26.4 Å². The zero-order valence-electron chi connectivity index (χ0n) is 24.0. The number of benzene rings is 4. The summed E-state index contributed by atoms with van der Waals surface area (Å²) in [6, 6.07) is 41.5. The maximum atomic E-state index is 6.24. The first-order valence-electron chi connectivity index (χ1n) is 14.2. The van der Waals surface area contributed by atoms with Crippen molar-refractivity contribution in [2.75, 3.05) is 0 Å². The summed E-state index contributed by atoms with van der Waals surface area (Å²) >= 11 is 0. The Morgan fingerprint density at radius 2 is 0.886 bits per heavy atom. The van der Waals surface area contributed by atoms with E-state index in [2.05, 4.69) is 15.0 Å². The molecule has 0 radical (unpaired) electrons. The Balaban J connectivity index is 1.31. The van der Waals surface area contributed by atoms with Gasteiger partial charge in [0.25, 0.3) is 0 Å². The van der Waals surface area contributed by atoms with Crippen LogP contribution in [0.4, 0.5) is 0 Å². The maximum Gasteiger partial charge on any atom is 0.320 e. The normalized spacial score (nSPS) is 10.6. The molecule has 8 heteroatoms. The SMILES string of the molecule is c1ccc(COc2cc(-c3cnc(OCc4ccccc4)nc3OCc3ccccc3)nc(OCc3ccccc3)n2)cc1.